The van der Waals surface area contributed by atoms with Crippen LogP contribution in [0.5, 0.6) is 5.75 Å². The molecule has 1 atom stereocenters. The van der Waals surface area contributed by atoms with Gasteiger partial charge < -0.3 is 10.1 Å². The number of hydrogen-bond acceptors (Lipinski definition) is 4. The summed E-state index contributed by atoms with van der Waals surface area (Å²) in [6, 6.07) is 12.2. The fraction of sp³-hybridized carbons (Fsp3) is 0.316. The van der Waals surface area contributed by atoms with E-state index in [4.69, 9.17) is 4.74 Å². The van der Waals surface area contributed by atoms with Gasteiger partial charge in [0.15, 0.2) is 0 Å². The van der Waals surface area contributed by atoms with Crippen molar-refractivity contribution < 1.29 is 17.9 Å². The van der Waals surface area contributed by atoms with E-state index in [2.05, 4.69) is 21.2 Å². The average molecular weight is 455 g/mol. The summed E-state index contributed by atoms with van der Waals surface area (Å²) in [4.78, 5) is 12.5. The number of ether oxygens (including phenoxy) is 1. The number of nitrogens with one attached hydrogen (secondary N) is 1. The van der Waals surface area contributed by atoms with Gasteiger partial charge >= 0.3 is 0 Å². The molecular weight excluding hydrogens is 432 g/mol. The Kier molecular flexibility index (Phi) is 6.89. The fourth-order valence-corrected chi connectivity index (χ4v) is 3.67. The Hall–Kier alpha value is -2.06. The summed E-state index contributed by atoms with van der Waals surface area (Å²) >= 11 is 3.39. The molecule has 1 amide bonds. The van der Waals surface area contributed by atoms with Crippen molar-refractivity contribution in [1.29, 1.82) is 0 Å². The Morgan fingerprint density at radius 3 is 2.37 bits per heavy atom. The highest BCUT2D eigenvalue weighted by Gasteiger charge is 2.22. The van der Waals surface area contributed by atoms with Crippen molar-refractivity contribution in [2.24, 2.45) is 0 Å². The monoisotopic (exact) mass is 454 g/mol. The van der Waals surface area contributed by atoms with Crippen LogP contribution in [0.3, 0.4) is 0 Å². The predicted molar refractivity (Wildman–Crippen MR) is 111 cm³/mol. The summed E-state index contributed by atoms with van der Waals surface area (Å²) < 4.78 is 31.5. The van der Waals surface area contributed by atoms with Crippen LogP contribution in [0.25, 0.3) is 0 Å². The number of carbonyl (C=O) groups is 1. The fourth-order valence-electron chi connectivity index (χ4n) is 2.58. The number of sulfonamides is 1. The molecule has 2 aromatic carbocycles. The van der Waals surface area contributed by atoms with Crippen LogP contribution in [0.4, 0.5) is 5.69 Å². The summed E-state index contributed by atoms with van der Waals surface area (Å²) in [6.07, 6.45) is 1.09. The van der Waals surface area contributed by atoms with E-state index in [-0.39, 0.29) is 18.5 Å². The number of nitrogens with zero attached hydrogens (tertiary/aromatic N) is 1. The zero-order valence-electron chi connectivity index (χ0n) is 15.7. The standard InChI is InChI=1S/C19H23BrN2O4S/c1-13-11-16(7-10-18(13)20)22(27(4,24)25)12-19(23)21-14(2)15-5-8-17(26-3)9-6-15/h5-11,14H,12H2,1-4H3,(H,21,23)/t14-/m1/s1. The van der Waals surface area contributed by atoms with Gasteiger partial charge in [-0.3, -0.25) is 9.10 Å². The Balaban J connectivity index is 2.14. The van der Waals surface area contributed by atoms with Gasteiger partial charge in [-0.2, -0.15) is 0 Å². The molecule has 0 unspecified atom stereocenters. The number of aryl methyl sites for hydroxylation is 1. The number of hydrogen-bond donors (Lipinski definition) is 1. The Morgan fingerprint density at radius 2 is 1.85 bits per heavy atom. The smallest absolute Gasteiger partial charge is 0.241 e. The van der Waals surface area contributed by atoms with E-state index in [1.54, 1.807) is 25.3 Å². The lowest BCUT2D eigenvalue weighted by atomic mass is 10.1. The van der Waals surface area contributed by atoms with E-state index in [0.29, 0.717) is 5.69 Å². The van der Waals surface area contributed by atoms with Gasteiger partial charge in [0, 0.05) is 4.47 Å². The molecule has 8 heteroatoms. The summed E-state index contributed by atoms with van der Waals surface area (Å²) in [6.45, 7) is 3.41. The number of halogens is 1. The van der Waals surface area contributed by atoms with E-state index in [1.807, 2.05) is 38.1 Å². The Morgan fingerprint density at radius 1 is 1.22 bits per heavy atom. The van der Waals surface area contributed by atoms with Crippen LogP contribution in [0.2, 0.25) is 0 Å². The predicted octanol–water partition coefficient (Wildman–Crippen LogP) is 3.41. The van der Waals surface area contributed by atoms with Gasteiger partial charge in [-0.15, -0.1) is 0 Å². The molecule has 1 N–H and O–H groups in total. The zero-order valence-corrected chi connectivity index (χ0v) is 18.1. The second-order valence-electron chi connectivity index (χ2n) is 6.27. The highest BCUT2D eigenvalue weighted by molar-refractivity contribution is 9.10. The molecule has 0 heterocycles. The first-order valence-electron chi connectivity index (χ1n) is 8.29. The van der Waals surface area contributed by atoms with E-state index >= 15 is 0 Å². The van der Waals surface area contributed by atoms with Crippen LogP contribution >= 0.6 is 15.9 Å². The molecular formula is C19H23BrN2O4S. The Labute approximate surface area is 168 Å². The molecule has 0 spiro atoms. The minimum atomic E-state index is -3.61. The lowest BCUT2D eigenvalue weighted by Gasteiger charge is -2.24. The maximum Gasteiger partial charge on any atom is 0.241 e. The highest BCUT2D eigenvalue weighted by Crippen LogP contribution is 2.24. The van der Waals surface area contributed by atoms with Crippen LogP contribution in [-0.2, 0) is 14.8 Å². The number of carbonyl (C=O) groups excluding carboxylic acids is 1. The molecule has 0 bridgehead atoms. The molecule has 0 aliphatic heterocycles. The second kappa shape index (κ2) is 8.75. The van der Waals surface area contributed by atoms with Crippen LogP contribution < -0.4 is 14.4 Å². The molecule has 0 aliphatic carbocycles. The molecule has 2 aromatic rings. The average Bonchev–Trinajstić information content (AvgIpc) is 2.61. The van der Waals surface area contributed by atoms with Crippen molar-refractivity contribution >= 4 is 37.5 Å². The third kappa shape index (κ3) is 5.71. The number of amides is 1. The quantitative estimate of drug-likeness (QED) is 0.695. The summed E-state index contributed by atoms with van der Waals surface area (Å²) in [5, 5.41) is 2.84. The van der Waals surface area contributed by atoms with Crippen molar-refractivity contribution in [2.75, 3.05) is 24.2 Å². The Bertz CT molecular complexity index is 914. The zero-order chi connectivity index (χ0) is 20.2. The topological polar surface area (TPSA) is 75.7 Å². The molecule has 0 saturated heterocycles. The maximum atomic E-state index is 12.5. The first kappa shape index (κ1) is 21.2. The first-order chi connectivity index (χ1) is 12.6. The molecule has 6 nitrogen and oxygen atoms in total. The molecule has 2 rings (SSSR count). The minimum absolute atomic E-state index is 0.267. The summed E-state index contributed by atoms with van der Waals surface area (Å²) in [5.74, 6) is 0.343. The summed E-state index contributed by atoms with van der Waals surface area (Å²) in [5.41, 5.74) is 2.23. The van der Waals surface area contributed by atoms with Crippen molar-refractivity contribution in [1.82, 2.24) is 5.32 Å². The van der Waals surface area contributed by atoms with Crippen LogP contribution in [-0.4, -0.2) is 34.2 Å². The molecule has 27 heavy (non-hydrogen) atoms. The van der Waals surface area contributed by atoms with Crippen LogP contribution in [0.1, 0.15) is 24.1 Å². The highest BCUT2D eigenvalue weighted by atomic mass is 79.9. The molecule has 0 aromatic heterocycles. The molecule has 146 valence electrons. The van der Waals surface area contributed by atoms with Gasteiger partial charge in [0.25, 0.3) is 0 Å². The van der Waals surface area contributed by atoms with E-state index < -0.39 is 10.0 Å². The molecule has 0 radical (unpaired) electrons. The normalized spacial score (nSPS) is 12.3. The molecule has 0 aliphatic rings. The van der Waals surface area contributed by atoms with E-state index in [1.165, 1.54) is 0 Å². The van der Waals surface area contributed by atoms with Gasteiger partial charge in [-0.05, 0) is 55.3 Å². The van der Waals surface area contributed by atoms with Gasteiger partial charge in [0.2, 0.25) is 15.9 Å². The number of methoxy groups -OCH3 is 1. The van der Waals surface area contributed by atoms with Crippen LogP contribution in [0.15, 0.2) is 46.9 Å². The van der Waals surface area contributed by atoms with Gasteiger partial charge in [0.1, 0.15) is 12.3 Å². The summed E-state index contributed by atoms with van der Waals surface area (Å²) in [7, 11) is -2.02. The van der Waals surface area contributed by atoms with Crippen molar-refractivity contribution in [3.05, 3.63) is 58.1 Å². The number of benzene rings is 2. The van der Waals surface area contributed by atoms with Gasteiger partial charge in [0.05, 0.1) is 25.1 Å². The first-order valence-corrected chi connectivity index (χ1v) is 10.9. The number of anilines is 1. The maximum absolute atomic E-state index is 12.5. The lowest BCUT2D eigenvalue weighted by Crippen LogP contribution is -2.41. The van der Waals surface area contributed by atoms with Crippen molar-refractivity contribution in [3.63, 3.8) is 0 Å². The molecule has 0 saturated carbocycles. The third-order valence-electron chi connectivity index (χ3n) is 4.11. The van der Waals surface area contributed by atoms with Gasteiger partial charge in [-0.1, -0.05) is 28.1 Å². The van der Waals surface area contributed by atoms with Crippen LogP contribution in [0, 0.1) is 6.92 Å². The minimum Gasteiger partial charge on any atom is -0.497 e. The number of rotatable bonds is 7. The van der Waals surface area contributed by atoms with Crippen molar-refractivity contribution in [2.45, 2.75) is 19.9 Å². The van der Waals surface area contributed by atoms with E-state index in [0.717, 1.165) is 31.9 Å². The largest absolute Gasteiger partial charge is 0.497 e. The third-order valence-corrected chi connectivity index (χ3v) is 6.14. The van der Waals surface area contributed by atoms with E-state index in [9.17, 15) is 13.2 Å². The lowest BCUT2D eigenvalue weighted by molar-refractivity contribution is -0.120. The SMILES string of the molecule is COc1ccc([C@@H](C)NC(=O)CN(c2ccc(Br)c(C)c2)S(C)(=O)=O)cc1. The van der Waals surface area contributed by atoms with Gasteiger partial charge in [-0.25, -0.2) is 8.42 Å². The second-order valence-corrected chi connectivity index (χ2v) is 9.03. The van der Waals surface area contributed by atoms with Crippen molar-refractivity contribution in [3.8, 4) is 5.75 Å². The molecule has 0 fully saturated rings.